The molecular formula is C25H16N2. The molecule has 0 saturated carbocycles. The summed E-state index contributed by atoms with van der Waals surface area (Å²) in [5.74, 6) is 0. The quantitative estimate of drug-likeness (QED) is 0.363. The van der Waals surface area contributed by atoms with Gasteiger partial charge >= 0.3 is 0 Å². The molecule has 1 N–H and O–H groups in total. The molecule has 126 valence electrons. The molecule has 2 heterocycles. The Morgan fingerprint density at radius 2 is 1.52 bits per heavy atom. The summed E-state index contributed by atoms with van der Waals surface area (Å²) in [6.07, 6.45) is 7.89. The number of H-pyrrole nitrogens is 1. The minimum atomic E-state index is 0.993. The number of aliphatic imine (C=N–C) groups is 1. The normalized spacial score (nSPS) is 15.6. The topological polar surface area (TPSA) is 28.1 Å². The Morgan fingerprint density at radius 1 is 0.741 bits per heavy atom. The number of nitrogens with one attached hydrogen (secondary N) is 1. The number of hydrogen-bond donors (Lipinski definition) is 1. The van der Waals surface area contributed by atoms with Crippen LogP contribution in [0.25, 0.3) is 37.9 Å². The highest BCUT2D eigenvalue weighted by Crippen LogP contribution is 2.40. The van der Waals surface area contributed by atoms with Crippen LogP contribution in [0.3, 0.4) is 0 Å². The van der Waals surface area contributed by atoms with Gasteiger partial charge in [0, 0.05) is 23.7 Å². The van der Waals surface area contributed by atoms with Crippen molar-refractivity contribution in [2.24, 2.45) is 4.99 Å². The van der Waals surface area contributed by atoms with Crippen LogP contribution >= 0.6 is 0 Å². The number of rotatable bonds is 2. The first-order valence-corrected chi connectivity index (χ1v) is 9.16. The Balaban J connectivity index is 1.79. The molecule has 0 bridgehead atoms. The molecule has 0 saturated heterocycles. The van der Waals surface area contributed by atoms with Crippen molar-refractivity contribution in [3.63, 3.8) is 0 Å². The van der Waals surface area contributed by atoms with E-state index >= 15 is 0 Å². The third-order valence-electron chi connectivity index (χ3n) is 5.48. The third kappa shape index (κ3) is 2.04. The van der Waals surface area contributed by atoms with Gasteiger partial charge in [0.05, 0.1) is 5.70 Å². The molecule has 2 heteroatoms. The van der Waals surface area contributed by atoms with Crippen molar-refractivity contribution in [3.8, 4) is 0 Å². The number of hydrogen-bond acceptors (Lipinski definition) is 1. The first-order chi connectivity index (χ1) is 13.4. The molecule has 5 aromatic rings. The van der Waals surface area contributed by atoms with Gasteiger partial charge in [-0.2, -0.15) is 0 Å². The highest BCUT2D eigenvalue weighted by atomic mass is 14.8. The lowest BCUT2D eigenvalue weighted by atomic mass is 9.88. The molecule has 0 fully saturated rings. The Labute approximate surface area is 156 Å². The van der Waals surface area contributed by atoms with Crippen LogP contribution in [0.2, 0.25) is 0 Å². The summed E-state index contributed by atoms with van der Waals surface area (Å²) in [4.78, 5) is 7.98. The van der Waals surface area contributed by atoms with E-state index in [1.165, 1.54) is 37.9 Å². The van der Waals surface area contributed by atoms with Gasteiger partial charge in [-0.25, -0.2) is 0 Å². The predicted octanol–water partition coefficient (Wildman–Crippen LogP) is 6.31. The van der Waals surface area contributed by atoms with Gasteiger partial charge < -0.3 is 4.98 Å². The predicted molar refractivity (Wildman–Crippen MR) is 115 cm³/mol. The van der Waals surface area contributed by atoms with Crippen LogP contribution in [0.4, 0.5) is 0 Å². The molecule has 0 amide bonds. The van der Waals surface area contributed by atoms with Crippen LogP contribution in [0.1, 0.15) is 11.3 Å². The highest BCUT2D eigenvalue weighted by Gasteiger charge is 2.17. The zero-order valence-corrected chi connectivity index (χ0v) is 14.6. The van der Waals surface area contributed by atoms with Gasteiger partial charge in [0.1, 0.15) is 0 Å². The van der Waals surface area contributed by atoms with E-state index in [4.69, 9.17) is 0 Å². The summed E-state index contributed by atoms with van der Waals surface area (Å²) >= 11 is 0. The summed E-state index contributed by atoms with van der Waals surface area (Å²) in [6.45, 7) is 0. The second-order valence-electron chi connectivity index (χ2n) is 6.95. The maximum absolute atomic E-state index is 4.60. The van der Waals surface area contributed by atoms with E-state index in [0.29, 0.717) is 0 Å². The van der Waals surface area contributed by atoms with E-state index in [2.05, 4.69) is 76.7 Å². The van der Waals surface area contributed by atoms with Crippen LogP contribution < -0.4 is 0 Å². The first kappa shape index (κ1) is 14.5. The van der Waals surface area contributed by atoms with Crippen molar-refractivity contribution in [3.05, 3.63) is 102 Å². The van der Waals surface area contributed by atoms with Gasteiger partial charge in [-0.05, 0) is 62.2 Å². The smallest absolute Gasteiger partial charge is 0.0729 e. The number of allylic oxidation sites excluding steroid dienone is 2. The summed E-state index contributed by atoms with van der Waals surface area (Å²) in [5, 5.41) is 7.80. The van der Waals surface area contributed by atoms with Gasteiger partial charge in [-0.15, -0.1) is 0 Å². The maximum Gasteiger partial charge on any atom is 0.0729 e. The summed E-state index contributed by atoms with van der Waals surface area (Å²) < 4.78 is 0. The summed E-state index contributed by atoms with van der Waals surface area (Å²) in [5.41, 5.74) is 4.43. The second kappa shape index (κ2) is 5.42. The molecular weight excluding hydrogens is 328 g/mol. The van der Waals surface area contributed by atoms with E-state index in [-0.39, 0.29) is 0 Å². The molecule has 1 aliphatic heterocycles. The van der Waals surface area contributed by atoms with Crippen LogP contribution in [-0.4, -0.2) is 11.2 Å². The van der Waals surface area contributed by atoms with Gasteiger partial charge in [-0.3, -0.25) is 4.99 Å². The van der Waals surface area contributed by atoms with Crippen LogP contribution in [0, 0.1) is 0 Å². The van der Waals surface area contributed by atoms with Crippen LogP contribution in [0.15, 0.2) is 95.8 Å². The number of aromatic nitrogens is 1. The molecule has 1 aliphatic rings. The Kier molecular flexibility index (Phi) is 2.91. The number of nitrogens with zero attached hydrogens (tertiary/aromatic N) is 1. The molecule has 0 aliphatic carbocycles. The van der Waals surface area contributed by atoms with E-state index < -0.39 is 0 Å². The molecule has 2 nitrogen and oxygen atoms in total. The van der Waals surface area contributed by atoms with Crippen molar-refractivity contribution in [2.75, 3.05) is 0 Å². The van der Waals surface area contributed by atoms with E-state index in [1.807, 2.05) is 24.6 Å². The van der Waals surface area contributed by atoms with Crippen molar-refractivity contribution in [1.29, 1.82) is 0 Å². The van der Waals surface area contributed by atoms with Crippen molar-refractivity contribution in [2.45, 2.75) is 0 Å². The lowest BCUT2D eigenvalue weighted by Gasteiger charge is -2.16. The Bertz CT molecular complexity index is 1370. The largest absolute Gasteiger partial charge is 0.361 e. The average molecular weight is 344 g/mol. The fourth-order valence-electron chi connectivity index (χ4n) is 4.31. The SMILES string of the molecule is C1=CC(=C(c2ccc[nH]2)c2ccc3ccc4cccc5ccc2c3c45)N=C1. The number of benzene rings is 4. The van der Waals surface area contributed by atoms with Gasteiger partial charge in [0.2, 0.25) is 0 Å². The van der Waals surface area contributed by atoms with E-state index in [0.717, 1.165) is 17.0 Å². The lowest BCUT2D eigenvalue weighted by Crippen LogP contribution is -1.95. The maximum atomic E-state index is 4.60. The average Bonchev–Trinajstić information content (AvgIpc) is 3.42. The Hall–Kier alpha value is -3.65. The minimum Gasteiger partial charge on any atom is -0.361 e. The third-order valence-corrected chi connectivity index (χ3v) is 5.48. The van der Waals surface area contributed by atoms with Crippen molar-refractivity contribution in [1.82, 2.24) is 4.98 Å². The van der Waals surface area contributed by atoms with Gasteiger partial charge in [-0.1, -0.05) is 54.6 Å². The minimum absolute atomic E-state index is 0.993. The van der Waals surface area contributed by atoms with Crippen molar-refractivity contribution >= 4 is 44.1 Å². The fraction of sp³-hybridized carbons (Fsp3) is 0. The molecule has 0 radical (unpaired) electrons. The zero-order valence-electron chi connectivity index (χ0n) is 14.6. The molecule has 0 spiro atoms. The zero-order chi connectivity index (χ0) is 17.8. The second-order valence-corrected chi connectivity index (χ2v) is 6.95. The number of aromatic amines is 1. The van der Waals surface area contributed by atoms with Crippen molar-refractivity contribution < 1.29 is 0 Å². The van der Waals surface area contributed by atoms with E-state index in [9.17, 15) is 0 Å². The van der Waals surface area contributed by atoms with Gasteiger partial charge in [0.25, 0.3) is 0 Å². The molecule has 0 unspecified atom stereocenters. The summed E-state index contributed by atoms with van der Waals surface area (Å²) in [6, 6.07) is 24.1. The molecule has 27 heavy (non-hydrogen) atoms. The fourth-order valence-corrected chi connectivity index (χ4v) is 4.31. The van der Waals surface area contributed by atoms with Crippen LogP contribution in [-0.2, 0) is 0 Å². The van der Waals surface area contributed by atoms with E-state index in [1.54, 1.807) is 0 Å². The summed E-state index contributed by atoms with van der Waals surface area (Å²) in [7, 11) is 0. The molecule has 0 atom stereocenters. The van der Waals surface area contributed by atoms with Gasteiger partial charge in [0.15, 0.2) is 0 Å². The first-order valence-electron chi connectivity index (χ1n) is 9.16. The monoisotopic (exact) mass is 344 g/mol. The molecule has 4 aromatic carbocycles. The molecule has 6 rings (SSSR count). The van der Waals surface area contributed by atoms with Crippen LogP contribution in [0.5, 0.6) is 0 Å². The highest BCUT2D eigenvalue weighted by molar-refractivity contribution is 6.25. The standard InChI is InChI=1S/C25H16N2/c1-4-16-8-9-18-11-13-20(19-12-10-17(5-1)23(16)24(18)19)25(21-6-2-14-26-21)22-7-3-15-27-22/h1-15,26H. The Morgan fingerprint density at radius 3 is 2.26 bits per heavy atom. The lowest BCUT2D eigenvalue weighted by molar-refractivity contribution is 1.32. The molecule has 1 aromatic heterocycles.